The van der Waals surface area contributed by atoms with E-state index in [2.05, 4.69) is 10.6 Å². The van der Waals surface area contributed by atoms with Gasteiger partial charge in [-0.15, -0.1) is 0 Å². The molecule has 0 atom stereocenters. The predicted molar refractivity (Wildman–Crippen MR) is 88.5 cm³/mol. The van der Waals surface area contributed by atoms with Crippen LogP contribution >= 0.6 is 0 Å². The van der Waals surface area contributed by atoms with Crippen molar-refractivity contribution < 1.29 is 9.59 Å². The average molecular weight is 302 g/mol. The Kier molecular flexibility index (Phi) is 5.58. The number of amides is 2. The van der Waals surface area contributed by atoms with Gasteiger partial charge in [-0.05, 0) is 58.6 Å². The van der Waals surface area contributed by atoms with E-state index < -0.39 is 0 Å². The van der Waals surface area contributed by atoms with E-state index in [-0.39, 0.29) is 29.7 Å². The van der Waals surface area contributed by atoms with Crippen molar-refractivity contribution in [2.45, 2.75) is 52.5 Å². The minimum absolute atomic E-state index is 0.0180. The number of benzene rings is 1. The van der Waals surface area contributed by atoms with Crippen LogP contribution in [0.4, 0.5) is 5.69 Å². The van der Waals surface area contributed by atoms with Crippen molar-refractivity contribution in [3.63, 3.8) is 0 Å². The Hall–Kier alpha value is -1.84. The third kappa shape index (κ3) is 4.58. The van der Waals surface area contributed by atoms with E-state index in [4.69, 9.17) is 0 Å². The molecule has 1 aromatic rings. The highest BCUT2D eigenvalue weighted by atomic mass is 16.2. The first-order chi connectivity index (χ1) is 10.5. The molecule has 0 saturated heterocycles. The Morgan fingerprint density at radius 2 is 1.45 bits per heavy atom. The van der Waals surface area contributed by atoms with E-state index in [0.29, 0.717) is 0 Å². The molecule has 1 aliphatic rings. The fourth-order valence-electron chi connectivity index (χ4n) is 2.90. The van der Waals surface area contributed by atoms with Crippen molar-refractivity contribution in [1.29, 1.82) is 0 Å². The van der Waals surface area contributed by atoms with Crippen LogP contribution in [0.1, 0.15) is 45.1 Å². The van der Waals surface area contributed by atoms with Crippen LogP contribution in [0.2, 0.25) is 0 Å². The van der Waals surface area contributed by atoms with E-state index in [9.17, 15) is 9.59 Å². The largest absolute Gasteiger partial charge is 0.354 e. The van der Waals surface area contributed by atoms with E-state index >= 15 is 0 Å². The molecule has 1 fully saturated rings. The van der Waals surface area contributed by atoms with Gasteiger partial charge in [0.25, 0.3) is 0 Å². The molecule has 0 bridgehead atoms. The zero-order valence-corrected chi connectivity index (χ0v) is 13.7. The molecule has 4 heteroatoms. The van der Waals surface area contributed by atoms with Crippen LogP contribution in [0.25, 0.3) is 0 Å². The second kappa shape index (κ2) is 7.43. The van der Waals surface area contributed by atoms with Gasteiger partial charge >= 0.3 is 0 Å². The second-order valence-electron chi connectivity index (χ2n) is 6.57. The first-order valence-electron chi connectivity index (χ1n) is 8.13. The number of carbonyl (C=O) groups is 2. The summed E-state index contributed by atoms with van der Waals surface area (Å²) < 4.78 is 0. The van der Waals surface area contributed by atoms with Gasteiger partial charge in [0.05, 0.1) is 0 Å². The molecule has 120 valence electrons. The van der Waals surface area contributed by atoms with E-state index in [1.165, 1.54) is 5.56 Å². The third-order valence-corrected chi connectivity index (χ3v) is 4.22. The molecule has 0 heterocycles. The molecular weight excluding hydrogens is 276 g/mol. The van der Waals surface area contributed by atoms with Gasteiger partial charge in [0, 0.05) is 23.6 Å². The monoisotopic (exact) mass is 302 g/mol. The molecule has 4 nitrogen and oxygen atoms in total. The Morgan fingerprint density at radius 1 is 0.955 bits per heavy atom. The summed E-state index contributed by atoms with van der Waals surface area (Å²) in [4.78, 5) is 24.3. The normalized spacial score (nSPS) is 21.5. The van der Waals surface area contributed by atoms with Gasteiger partial charge in [-0.25, -0.2) is 0 Å². The summed E-state index contributed by atoms with van der Waals surface area (Å²) in [5, 5.41) is 5.94. The van der Waals surface area contributed by atoms with E-state index in [0.717, 1.165) is 31.4 Å². The van der Waals surface area contributed by atoms with Crippen molar-refractivity contribution in [3.8, 4) is 0 Å². The topological polar surface area (TPSA) is 58.2 Å². The summed E-state index contributed by atoms with van der Waals surface area (Å²) in [5.74, 6) is 0.286. The molecule has 1 saturated carbocycles. The maximum absolute atomic E-state index is 12.3. The summed E-state index contributed by atoms with van der Waals surface area (Å²) >= 11 is 0. The summed E-state index contributed by atoms with van der Waals surface area (Å²) in [5.41, 5.74) is 2.02. The van der Waals surface area contributed by atoms with Crippen LogP contribution in [0.5, 0.6) is 0 Å². The number of aryl methyl sites for hydroxylation is 1. The summed E-state index contributed by atoms with van der Waals surface area (Å²) in [7, 11) is 0. The smallest absolute Gasteiger partial charge is 0.227 e. The summed E-state index contributed by atoms with van der Waals surface area (Å²) in [6, 6.07) is 8.00. The number of hydrogen-bond donors (Lipinski definition) is 2. The van der Waals surface area contributed by atoms with Crippen LogP contribution < -0.4 is 10.6 Å². The molecule has 0 unspecified atom stereocenters. The average Bonchev–Trinajstić information content (AvgIpc) is 2.49. The molecule has 2 rings (SSSR count). The minimum Gasteiger partial charge on any atom is -0.354 e. The van der Waals surface area contributed by atoms with Gasteiger partial charge in [-0.2, -0.15) is 0 Å². The van der Waals surface area contributed by atoms with Gasteiger partial charge in [-0.3, -0.25) is 9.59 Å². The standard InChI is InChI=1S/C18H26N2O2/c1-12(2)19-17(21)14-6-8-15(9-7-14)18(22)20-16-10-4-13(3)5-11-16/h4-5,10-12,14-15H,6-9H2,1-3H3,(H,19,21)(H,20,22). The van der Waals surface area contributed by atoms with Gasteiger partial charge in [0.1, 0.15) is 0 Å². The first kappa shape index (κ1) is 16.5. The Labute approximate surface area is 132 Å². The van der Waals surface area contributed by atoms with Gasteiger partial charge in [-0.1, -0.05) is 17.7 Å². The maximum Gasteiger partial charge on any atom is 0.227 e. The van der Waals surface area contributed by atoms with Gasteiger partial charge < -0.3 is 10.6 Å². The highest BCUT2D eigenvalue weighted by molar-refractivity contribution is 5.92. The molecule has 0 aromatic heterocycles. The van der Waals surface area contributed by atoms with Crippen LogP contribution in [-0.4, -0.2) is 17.9 Å². The molecule has 2 N–H and O–H groups in total. The molecule has 0 spiro atoms. The molecule has 22 heavy (non-hydrogen) atoms. The maximum atomic E-state index is 12.3. The lowest BCUT2D eigenvalue weighted by Gasteiger charge is -2.27. The fourth-order valence-corrected chi connectivity index (χ4v) is 2.90. The van der Waals surface area contributed by atoms with E-state index in [1.807, 2.05) is 45.0 Å². The lowest BCUT2D eigenvalue weighted by molar-refractivity contribution is -0.128. The SMILES string of the molecule is Cc1ccc(NC(=O)C2CCC(C(=O)NC(C)C)CC2)cc1. The number of hydrogen-bond acceptors (Lipinski definition) is 2. The van der Waals surface area contributed by atoms with E-state index in [1.54, 1.807) is 0 Å². The van der Waals surface area contributed by atoms with Crippen LogP contribution in [0, 0.1) is 18.8 Å². The highest BCUT2D eigenvalue weighted by Gasteiger charge is 2.30. The molecule has 2 amide bonds. The zero-order chi connectivity index (χ0) is 16.1. The van der Waals surface area contributed by atoms with Gasteiger partial charge in [0.15, 0.2) is 0 Å². The zero-order valence-electron chi connectivity index (χ0n) is 13.7. The Bertz CT molecular complexity index is 514. The van der Waals surface area contributed by atoms with Crippen LogP contribution in [0.3, 0.4) is 0 Å². The number of anilines is 1. The van der Waals surface area contributed by atoms with Crippen LogP contribution in [-0.2, 0) is 9.59 Å². The van der Waals surface area contributed by atoms with Crippen molar-refractivity contribution >= 4 is 17.5 Å². The molecule has 1 aliphatic carbocycles. The van der Waals surface area contributed by atoms with Crippen molar-refractivity contribution in [1.82, 2.24) is 5.32 Å². The highest BCUT2D eigenvalue weighted by Crippen LogP contribution is 2.30. The lowest BCUT2D eigenvalue weighted by Crippen LogP contribution is -2.38. The minimum atomic E-state index is 0.0180. The molecule has 0 radical (unpaired) electrons. The Morgan fingerprint density at radius 3 is 1.95 bits per heavy atom. The van der Waals surface area contributed by atoms with Crippen molar-refractivity contribution in [2.75, 3.05) is 5.32 Å². The number of nitrogens with one attached hydrogen (secondary N) is 2. The Balaban J connectivity index is 1.82. The predicted octanol–water partition coefficient (Wildman–Crippen LogP) is 3.26. The molecule has 0 aliphatic heterocycles. The van der Waals surface area contributed by atoms with Crippen LogP contribution in [0.15, 0.2) is 24.3 Å². The lowest BCUT2D eigenvalue weighted by atomic mass is 9.81. The molecule has 1 aromatic carbocycles. The summed E-state index contributed by atoms with van der Waals surface area (Å²) in [6.07, 6.45) is 3.16. The number of carbonyl (C=O) groups excluding carboxylic acids is 2. The quantitative estimate of drug-likeness (QED) is 0.897. The van der Waals surface area contributed by atoms with Crippen molar-refractivity contribution in [2.24, 2.45) is 11.8 Å². The second-order valence-corrected chi connectivity index (χ2v) is 6.57. The van der Waals surface area contributed by atoms with Gasteiger partial charge in [0.2, 0.25) is 11.8 Å². The van der Waals surface area contributed by atoms with Crippen molar-refractivity contribution in [3.05, 3.63) is 29.8 Å². The summed E-state index contributed by atoms with van der Waals surface area (Å²) in [6.45, 7) is 5.96. The first-order valence-corrected chi connectivity index (χ1v) is 8.13. The fraction of sp³-hybridized carbons (Fsp3) is 0.556. The third-order valence-electron chi connectivity index (χ3n) is 4.22. The number of rotatable bonds is 4. The molecular formula is C18H26N2O2.